The van der Waals surface area contributed by atoms with Crippen molar-refractivity contribution in [2.45, 2.75) is 19.8 Å². The molecule has 2 aromatic rings. The van der Waals surface area contributed by atoms with Crippen molar-refractivity contribution >= 4 is 5.97 Å². The Hall–Kier alpha value is -2.30. The molecule has 5 nitrogen and oxygen atoms in total. The highest BCUT2D eigenvalue weighted by Crippen LogP contribution is 2.20. The lowest BCUT2D eigenvalue weighted by Crippen LogP contribution is -2.17. The van der Waals surface area contributed by atoms with E-state index >= 15 is 0 Å². The number of hydrogen-bond donors (Lipinski definition) is 2. The number of H-pyrrole nitrogens is 1. The van der Waals surface area contributed by atoms with E-state index in [0.717, 1.165) is 12.0 Å². The third-order valence-electron chi connectivity index (χ3n) is 3.12. The number of carboxylic acid groups (broad SMARTS) is 1. The number of aryl methyl sites for hydroxylation is 2. The number of hydrogen-bond acceptors (Lipinski definition) is 2. The summed E-state index contributed by atoms with van der Waals surface area (Å²) in [5, 5.41) is 11.8. The fourth-order valence-electron chi connectivity index (χ4n) is 2.06. The molecule has 0 aliphatic rings. The number of aliphatic carboxylic acids is 1. The average molecular weight is 260 g/mol. The number of carboxylic acids is 1. The van der Waals surface area contributed by atoms with Crippen LogP contribution >= 0.6 is 0 Å². The maximum Gasteiger partial charge on any atom is 0.308 e. The van der Waals surface area contributed by atoms with Gasteiger partial charge in [0.1, 0.15) is 0 Å². The van der Waals surface area contributed by atoms with E-state index in [1.165, 1.54) is 10.2 Å². The zero-order valence-electron chi connectivity index (χ0n) is 10.9. The average Bonchev–Trinajstić information content (AvgIpc) is 2.67. The summed E-state index contributed by atoms with van der Waals surface area (Å²) >= 11 is 0. The Morgan fingerprint density at radius 3 is 2.47 bits per heavy atom. The molecule has 0 aliphatic carbocycles. The Balaban J connectivity index is 2.51. The van der Waals surface area contributed by atoms with Gasteiger partial charge in [-0.15, -0.1) is 0 Å². The highest BCUT2D eigenvalue weighted by atomic mass is 16.4. The molecule has 1 heterocycles. The molecule has 0 saturated heterocycles. The lowest BCUT2D eigenvalue weighted by molar-refractivity contribution is -0.136. The number of nitrogens with zero attached hydrogens (tertiary/aromatic N) is 1. The summed E-state index contributed by atoms with van der Waals surface area (Å²) in [6.07, 6.45) is 0.661. The van der Waals surface area contributed by atoms with E-state index in [0.29, 0.717) is 11.3 Å². The zero-order valence-corrected chi connectivity index (χ0v) is 10.9. The molecule has 0 unspecified atom stereocenters. The van der Waals surface area contributed by atoms with Crippen LogP contribution in [-0.4, -0.2) is 20.9 Å². The van der Waals surface area contributed by atoms with Crippen molar-refractivity contribution in [3.63, 3.8) is 0 Å². The monoisotopic (exact) mass is 260 g/mol. The Bertz CT molecular complexity index is 650. The third-order valence-corrected chi connectivity index (χ3v) is 3.12. The Morgan fingerprint density at radius 2 is 1.95 bits per heavy atom. The van der Waals surface area contributed by atoms with Crippen LogP contribution in [0.25, 0.3) is 11.3 Å². The van der Waals surface area contributed by atoms with E-state index in [-0.39, 0.29) is 12.0 Å². The first-order valence-corrected chi connectivity index (χ1v) is 6.12. The molecule has 2 rings (SSSR count). The topological polar surface area (TPSA) is 75.1 Å². The standard InChI is InChI=1S/C14H16N2O3/c1-3-9-4-6-10(7-5-9)13-11(8-12(17)18)14(19)16(2)15-13/h4-7,15H,3,8H2,1-2H3,(H,17,18). The van der Waals surface area contributed by atoms with Gasteiger partial charge in [-0.1, -0.05) is 31.2 Å². The van der Waals surface area contributed by atoms with Crippen LogP contribution in [0.5, 0.6) is 0 Å². The molecule has 5 heteroatoms. The first-order valence-electron chi connectivity index (χ1n) is 6.12. The lowest BCUT2D eigenvalue weighted by Gasteiger charge is -2.02. The van der Waals surface area contributed by atoms with Crippen molar-refractivity contribution in [2.24, 2.45) is 7.05 Å². The molecule has 1 aromatic heterocycles. The van der Waals surface area contributed by atoms with Crippen LogP contribution in [-0.2, 0) is 24.7 Å². The summed E-state index contributed by atoms with van der Waals surface area (Å²) in [7, 11) is 1.58. The predicted octanol–water partition coefficient (Wildman–Crippen LogP) is 1.57. The second-order valence-electron chi connectivity index (χ2n) is 4.45. The van der Waals surface area contributed by atoms with Crippen LogP contribution in [0.1, 0.15) is 18.1 Å². The highest BCUT2D eigenvalue weighted by molar-refractivity contribution is 5.74. The second-order valence-corrected chi connectivity index (χ2v) is 4.45. The van der Waals surface area contributed by atoms with Crippen molar-refractivity contribution < 1.29 is 9.90 Å². The van der Waals surface area contributed by atoms with Crippen molar-refractivity contribution in [3.05, 3.63) is 45.7 Å². The van der Waals surface area contributed by atoms with E-state index in [9.17, 15) is 9.59 Å². The Labute approximate surface area is 110 Å². The van der Waals surface area contributed by atoms with Crippen LogP contribution < -0.4 is 5.56 Å². The number of carbonyl (C=O) groups is 1. The van der Waals surface area contributed by atoms with Gasteiger partial charge < -0.3 is 5.11 Å². The Kier molecular flexibility index (Phi) is 3.55. The van der Waals surface area contributed by atoms with Crippen LogP contribution in [0, 0.1) is 0 Å². The van der Waals surface area contributed by atoms with Crippen LogP contribution in [0.15, 0.2) is 29.1 Å². The summed E-state index contributed by atoms with van der Waals surface area (Å²) in [6, 6.07) is 7.75. The molecule has 0 bridgehead atoms. The molecule has 1 aromatic carbocycles. The van der Waals surface area contributed by atoms with Gasteiger partial charge >= 0.3 is 5.97 Å². The third kappa shape index (κ3) is 2.59. The minimum atomic E-state index is -1.01. The quantitative estimate of drug-likeness (QED) is 0.876. The number of nitrogens with one attached hydrogen (secondary N) is 1. The molecule has 0 amide bonds. The Morgan fingerprint density at radius 1 is 1.32 bits per heavy atom. The van der Waals surface area contributed by atoms with Crippen molar-refractivity contribution in [1.82, 2.24) is 9.78 Å². The molecule has 100 valence electrons. The molecule has 2 N–H and O–H groups in total. The molecular weight excluding hydrogens is 244 g/mol. The van der Waals surface area contributed by atoms with Crippen molar-refractivity contribution in [1.29, 1.82) is 0 Å². The first kappa shape index (κ1) is 13.1. The van der Waals surface area contributed by atoms with Gasteiger partial charge in [0.05, 0.1) is 17.7 Å². The van der Waals surface area contributed by atoms with Gasteiger partial charge in [0.25, 0.3) is 5.56 Å². The molecule has 0 aliphatic heterocycles. The summed E-state index contributed by atoms with van der Waals surface area (Å²) in [5.41, 5.74) is 2.60. The van der Waals surface area contributed by atoms with Crippen LogP contribution in [0.2, 0.25) is 0 Å². The largest absolute Gasteiger partial charge is 0.481 e. The van der Waals surface area contributed by atoms with Gasteiger partial charge in [0.2, 0.25) is 0 Å². The molecule has 0 spiro atoms. The second kappa shape index (κ2) is 5.14. The molecule has 0 radical (unpaired) electrons. The number of benzene rings is 1. The predicted molar refractivity (Wildman–Crippen MR) is 72.2 cm³/mol. The number of aromatic amines is 1. The fraction of sp³-hybridized carbons (Fsp3) is 0.286. The molecule has 0 fully saturated rings. The van der Waals surface area contributed by atoms with E-state index in [1.54, 1.807) is 7.05 Å². The van der Waals surface area contributed by atoms with Crippen LogP contribution in [0.4, 0.5) is 0 Å². The summed E-state index contributed by atoms with van der Waals surface area (Å²) in [5.74, 6) is -1.01. The highest BCUT2D eigenvalue weighted by Gasteiger charge is 2.16. The van der Waals surface area contributed by atoms with Gasteiger partial charge in [-0.3, -0.25) is 19.4 Å². The molecule has 0 atom stereocenters. The van der Waals surface area contributed by atoms with Gasteiger partial charge in [0.15, 0.2) is 0 Å². The summed E-state index contributed by atoms with van der Waals surface area (Å²) in [4.78, 5) is 22.7. The minimum absolute atomic E-state index is 0.277. The van der Waals surface area contributed by atoms with Gasteiger partial charge in [-0.05, 0) is 17.5 Å². The van der Waals surface area contributed by atoms with Gasteiger partial charge in [0, 0.05) is 7.05 Å². The maximum atomic E-state index is 11.9. The lowest BCUT2D eigenvalue weighted by atomic mass is 10.0. The van der Waals surface area contributed by atoms with Gasteiger partial charge in [-0.25, -0.2) is 0 Å². The van der Waals surface area contributed by atoms with E-state index in [4.69, 9.17) is 5.11 Å². The number of aromatic nitrogens is 2. The van der Waals surface area contributed by atoms with Crippen LogP contribution in [0.3, 0.4) is 0 Å². The normalized spacial score (nSPS) is 10.6. The maximum absolute atomic E-state index is 11.9. The van der Waals surface area contributed by atoms with E-state index < -0.39 is 5.97 Å². The smallest absolute Gasteiger partial charge is 0.308 e. The SMILES string of the molecule is CCc1ccc(-c2[nH]n(C)c(=O)c2CC(=O)O)cc1. The van der Waals surface area contributed by atoms with Crippen molar-refractivity contribution in [3.8, 4) is 11.3 Å². The summed E-state index contributed by atoms with van der Waals surface area (Å²) in [6.45, 7) is 2.06. The molecular formula is C14H16N2O3. The van der Waals surface area contributed by atoms with E-state index in [1.807, 2.05) is 24.3 Å². The van der Waals surface area contributed by atoms with E-state index in [2.05, 4.69) is 12.0 Å². The van der Waals surface area contributed by atoms with Crippen molar-refractivity contribution in [2.75, 3.05) is 0 Å². The summed E-state index contributed by atoms with van der Waals surface area (Å²) < 4.78 is 1.31. The first-order chi connectivity index (χ1) is 9.02. The molecule has 0 saturated carbocycles. The van der Waals surface area contributed by atoms with Gasteiger partial charge in [-0.2, -0.15) is 0 Å². The molecule has 19 heavy (non-hydrogen) atoms. The number of rotatable bonds is 4. The zero-order chi connectivity index (χ0) is 14.0. The minimum Gasteiger partial charge on any atom is -0.481 e. The fourth-order valence-corrected chi connectivity index (χ4v) is 2.06.